The van der Waals surface area contributed by atoms with Crippen LogP contribution in [-0.2, 0) is 19.4 Å². The van der Waals surface area contributed by atoms with Crippen LogP contribution in [0.1, 0.15) is 32.1 Å². The largest absolute Gasteiger partial charge is 0.403 e. The summed E-state index contributed by atoms with van der Waals surface area (Å²) in [7, 11) is -4.17. The molecule has 1 heterocycles. The molecule has 1 N–H and O–H groups in total. The van der Waals surface area contributed by atoms with E-state index in [4.69, 9.17) is 0 Å². The van der Waals surface area contributed by atoms with E-state index in [0.717, 1.165) is 24.3 Å². The first kappa shape index (κ1) is 22.5. The monoisotopic (exact) mass is 473 g/mol. The van der Waals surface area contributed by atoms with Gasteiger partial charge in [0.05, 0.1) is 16.2 Å². The van der Waals surface area contributed by atoms with Gasteiger partial charge in [0.25, 0.3) is 0 Å². The summed E-state index contributed by atoms with van der Waals surface area (Å²) in [5, 5.41) is 10.3. The van der Waals surface area contributed by atoms with Gasteiger partial charge in [-0.05, 0) is 56.4 Å². The van der Waals surface area contributed by atoms with E-state index in [0.29, 0.717) is 17.7 Å². The van der Waals surface area contributed by atoms with Crippen LogP contribution in [-0.4, -0.2) is 54.7 Å². The molecule has 2 aliphatic carbocycles. The number of sulfone groups is 1. The van der Waals surface area contributed by atoms with Gasteiger partial charge in [0.1, 0.15) is 22.8 Å². The maximum Gasteiger partial charge on any atom is 0.403 e. The Morgan fingerprint density at radius 2 is 1.72 bits per heavy atom. The van der Waals surface area contributed by atoms with Crippen molar-refractivity contribution in [3.05, 3.63) is 30.1 Å². The molecule has 3 fully saturated rings. The van der Waals surface area contributed by atoms with Crippen LogP contribution in [0.15, 0.2) is 29.2 Å². The number of halogens is 4. The highest BCUT2D eigenvalue weighted by Crippen LogP contribution is 2.59. The third-order valence-electron chi connectivity index (χ3n) is 6.44. The SMILES string of the molecule is N#CC1(NC(=O)[C@@H]2C[C@@H](S(=O)(=O)c3ccc(F)cc3)CN2C(=O)C2(C(F)(F)F)CC2)CC1. The summed E-state index contributed by atoms with van der Waals surface area (Å²) in [6.07, 6.45) is -5.40. The Kier molecular flexibility index (Phi) is 5.04. The minimum absolute atomic E-state index is 0.259. The van der Waals surface area contributed by atoms with Crippen molar-refractivity contribution in [2.45, 2.75) is 60.0 Å². The van der Waals surface area contributed by atoms with Gasteiger partial charge in [-0.2, -0.15) is 18.4 Å². The predicted octanol–water partition coefficient (Wildman–Crippen LogP) is 2.08. The third-order valence-corrected chi connectivity index (χ3v) is 8.58. The lowest BCUT2D eigenvalue weighted by molar-refractivity contribution is -0.199. The number of amides is 2. The molecular formula is C20H19F4N3O4S. The van der Waals surface area contributed by atoms with Crippen LogP contribution < -0.4 is 5.32 Å². The van der Waals surface area contributed by atoms with Crippen molar-refractivity contribution in [3.63, 3.8) is 0 Å². The lowest BCUT2D eigenvalue weighted by Crippen LogP contribution is -2.53. The molecule has 4 rings (SSSR count). The van der Waals surface area contributed by atoms with E-state index in [2.05, 4.69) is 5.32 Å². The molecule has 172 valence electrons. The molecule has 0 unspecified atom stereocenters. The van der Waals surface area contributed by atoms with Gasteiger partial charge in [-0.25, -0.2) is 12.8 Å². The number of rotatable bonds is 5. The van der Waals surface area contributed by atoms with Crippen molar-refractivity contribution in [3.8, 4) is 6.07 Å². The van der Waals surface area contributed by atoms with Gasteiger partial charge >= 0.3 is 6.18 Å². The lowest BCUT2D eigenvalue weighted by atomic mass is 10.0. The van der Waals surface area contributed by atoms with Gasteiger partial charge in [0.15, 0.2) is 9.84 Å². The van der Waals surface area contributed by atoms with E-state index in [1.165, 1.54) is 0 Å². The van der Waals surface area contributed by atoms with Crippen LogP contribution in [0, 0.1) is 22.6 Å². The van der Waals surface area contributed by atoms with E-state index in [1.807, 2.05) is 6.07 Å². The van der Waals surface area contributed by atoms with Gasteiger partial charge in [-0.3, -0.25) is 9.59 Å². The molecule has 2 saturated carbocycles. The number of hydrogen-bond acceptors (Lipinski definition) is 5. The number of nitrogens with zero attached hydrogens (tertiary/aromatic N) is 2. The molecule has 1 saturated heterocycles. The van der Waals surface area contributed by atoms with Crippen molar-refractivity contribution >= 4 is 21.7 Å². The second kappa shape index (κ2) is 7.16. The van der Waals surface area contributed by atoms with Crippen molar-refractivity contribution in [2.75, 3.05) is 6.54 Å². The number of hydrogen-bond donors (Lipinski definition) is 1. The first-order chi connectivity index (χ1) is 14.9. The molecule has 3 aliphatic rings. The maximum absolute atomic E-state index is 13.6. The van der Waals surface area contributed by atoms with Crippen molar-refractivity contribution in [1.82, 2.24) is 10.2 Å². The average molecular weight is 473 g/mol. The van der Waals surface area contributed by atoms with E-state index in [-0.39, 0.29) is 4.90 Å². The Bertz CT molecular complexity index is 1100. The number of nitrogens with one attached hydrogen (secondary N) is 1. The molecule has 2 amide bonds. The topological polar surface area (TPSA) is 107 Å². The number of carbonyl (C=O) groups excluding carboxylic acids is 2. The average Bonchev–Trinajstić information content (AvgIpc) is 3.64. The summed E-state index contributed by atoms with van der Waals surface area (Å²) in [4.78, 5) is 26.2. The number of benzene rings is 1. The second-order valence-electron chi connectivity index (χ2n) is 8.59. The highest BCUT2D eigenvalue weighted by Gasteiger charge is 2.70. The molecule has 32 heavy (non-hydrogen) atoms. The minimum Gasteiger partial charge on any atom is -0.336 e. The Morgan fingerprint density at radius 1 is 1.12 bits per heavy atom. The van der Waals surface area contributed by atoms with Gasteiger partial charge in [-0.1, -0.05) is 0 Å². The summed E-state index contributed by atoms with van der Waals surface area (Å²) in [6, 6.07) is 4.37. The van der Waals surface area contributed by atoms with Gasteiger partial charge < -0.3 is 10.2 Å². The summed E-state index contributed by atoms with van der Waals surface area (Å²) >= 11 is 0. The molecule has 7 nitrogen and oxygen atoms in total. The number of carbonyl (C=O) groups is 2. The number of nitriles is 1. The summed E-state index contributed by atoms with van der Waals surface area (Å²) in [5.41, 5.74) is -3.76. The van der Waals surface area contributed by atoms with E-state index in [1.54, 1.807) is 0 Å². The highest BCUT2D eigenvalue weighted by atomic mass is 32.2. The zero-order valence-electron chi connectivity index (χ0n) is 16.7. The molecule has 0 aromatic heterocycles. The minimum atomic E-state index is -4.83. The van der Waals surface area contributed by atoms with Crippen molar-refractivity contribution in [1.29, 1.82) is 5.26 Å². The lowest BCUT2D eigenvalue weighted by Gasteiger charge is -2.29. The molecule has 1 aromatic rings. The summed E-state index contributed by atoms with van der Waals surface area (Å²) in [5.74, 6) is -2.85. The summed E-state index contributed by atoms with van der Waals surface area (Å²) < 4.78 is 79.9. The zero-order chi connectivity index (χ0) is 23.5. The smallest absolute Gasteiger partial charge is 0.336 e. The van der Waals surface area contributed by atoms with Crippen LogP contribution in [0.3, 0.4) is 0 Å². The van der Waals surface area contributed by atoms with Crippen LogP contribution in [0.25, 0.3) is 0 Å². The van der Waals surface area contributed by atoms with Crippen LogP contribution in [0.2, 0.25) is 0 Å². The van der Waals surface area contributed by atoms with E-state index >= 15 is 0 Å². The molecule has 2 atom stereocenters. The van der Waals surface area contributed by atoms with Gasteiger partial charge in [0, 0.05) is 6.54 Å². The fourth-order valence-corrected chi connectivity index (χ4v) is 5.73. The predicted molar refractivity (Wildman–Crippen MR) is 101 cm³/mol. The van der Waals surface area contributed by atoms with Crippen molar-refractivity contribution in [2.24, 2.45) is 5.41 Å². The standard InChI is InChI=1S/C20H19F4N3O4S/c21-12-1-3-13(4-2-12)32(30,31)14-9-15(16(28)26-18(11-25)5-6-18)27(10-14)17(29)19(7-8-19)20(22,23)24/h1-4,14-15H,5-10H2,(H,26,28)/t14-,15+/m1/s1. The molecule has 0 bridgehead atoms. The summed E-state index contributed by atoms with van der Waals surface area (Å²) in [6.45, 7) is -0.603. The molecule has 1 aliphatic heterocycles. The number of likely N-dealkylation sites (tertiary alicyclic amines) is 1. The van der Waals surface area contributed by atoms with Crippen molar-refractivity contribution < 1.29 is 35.6 Å². The van der Waals surface area contributed by atoms with E-state index < -0.39 is 81.7 Å². The fourth-order valence-electron chi connectivity index (χ4n) is 4.04. The van der Waals surface area contributed by atoms with E-state index in [9.17, 15) is 40.8 Å². The van der Waals surface area contributed by atoms with Gasteiger partial charge in [-0.15, -0.1) is 0 Å². The zero-order valence-corrected chi connectivity index (χ0v) is 17.5. The Hall–Kier alpha value is -2.68. The van der Waals surface area contributed by atoms with Gasteiger partial charge in [0.2, 0.25) is 11.8 Å². The van der Waals surface area contributed by atoms with Crippen LogP contribution in [0.5, 0.6) is 0 Å². The second-order valence-corrected chi connectivity index (χ2v) is 10.8. The van der Waals surface area contributed by atoms with Crippen LogP contribution >= 0.6 is 0 Å². The van der Waals surface area contributed by atoms with Crippen LogP contribution in [0.4, 0.5) is 17.6 Å². The molecule has 12 heteroatoms. The maximum atomic E-state index is 13.6. The quantitative estimate of drug-likeness (QED) is 0.521. The Labute approximate surface area is 181 Å². The Morgan fingerprint density at radius 3 is 2.19 bits per heavy atom. The molecule has 0 spiro atoms. The highest BCUT2D eigenvalue weighted by molar-refractivity contribution is 7.92. The Balaban J connectivity index is 1.65. The first-order valence-corrected chi connectivity index (χ1v) is 11.5. The molecule has 0 radical (unpaired) electrons. The third kappa shape index (κ3) is 3.62. The molecule has 1 aromatic carbocycles. The molecular weight excluding hydrogens is 454 g/mol. The number of alkyl halides is 3. The normalized spacial score (nSPS) is 25.7. The fraction of sp³-hybridized carbons (Fsp3) is 0.550. The first-order valence-electron chi connectivity index (χ1n) is 9.96.